The minimum Gasteiger partial charge on any atom is -1.00 e. The lowest BCUT2D eigenvalue weighted by Crippen LogP contribution is -3.00. The fraction of sp³-hybridized carbons (Fsp3) is 0.400. The molecule has 0 spiro atoms. The van der Waals surface area contributed by atoms with Crippen LogP contribution in [0.4, 0.5) is 0 Å². The zero-order valence-electron chi connectivity index (χ0n) is 4.96. The third kappa shape index (κ3) is 1.66. The van der Waals surface area contributed by atoms with E-state index in [1.807, 2.05) is 13.8 Å². The number of aryl methyl sites for hydroxylation is 2. The van der Waals surface area contributed by atoms with Crippen molar-refractivity contribution in [2.24, 2.45) is 0 Å². The Bertz CT molecular complexity index is 143. The quantitative estimate of drug-likeness (QED) is 0.452. The van der Waals surface area contributed by atoms with Gasteiger partial charge in [0, 0.05) is 13.0 Å². The maximum Gasteiger partial charge on any atom is 0.202 e. The zero-order valence-corrected chi connectivity index (χ0v) is 6.54. The van der Waals surface area contributed by atoms with Gasteiger partial charge in [-0.3, -0.25) is 0 Å². The number of rotatable bonds is 0. The average molecular weight is 177 g/mol. The Morgan fingerprint density at radius 3 is 2.25 bits per heavy atom. The molecule has 1 rings (SSSR count). The molecular formula is C5H9BrN2. The van der Waals surface area contributed by atoms with Crippen molar-refractivity contribution in [3.8, 4) is 0 Å². The summed E-state index contributed by atoms with van der Waals surface area (Å²) >= 11 is 0. The topological polar surface area (TPSA) is 29.9 Å². The lowest BCUT2D eigenvalue weighted by atomic mass is 10.4. The summed E-state index contributed by atoms with van der Waals surface area (Å²) in [6, 6.07) is 2.06. The number of nitrogens with one attached hydrogen (secondary N) is 2. The first-order valence-corrected chi connectivity index (χ1v) is 2.33. The molecule has 0 aliphatic rings. The Morgan fingerprint density at radius 1 is 1.50 bits per heavy atom. The second kappa shape index (κ2) is 2.87. The molecule has 0 fully saturated rings. The van der Waals surface area contributed by atoms with E-state index in [1.165, 1.54) is 11.4 Å². The molecule has 0 amide bonds. The summed E-state index contributed by atoms with van der Waals surface area (Å²) in [4.78, 5) is 0. The Labute approximate surface area is 59.1 Å². The van der Waals surface area contributed by atoms with Crippen LogP contribution >= 0.6 is 0 Å². The van der Waals surface area contributed by atoms with Gasteiger partial charge in [-0.15, -0.1) is 5.10 Å². The molecule has 0 atom stereocenters. The van der Waals surface area contributed by atoms with Gasteiger partial charge in [0.05, 0.1) is 5.69 Å². The Balaban J connectivity index is 0.000000490. The first-order chi connectivity index (χ1) is 3.29. The van der Waals surface area contributed by atoms with Crippen molar-refractivity contribution in [3.63, 3.8) is 0 Å². The minimum absolute atomic E-state index is 0. The second-order valence-corrected chi connectivity index (χ2v) is 1.76. The summed E-state index contributed by atoms with van der Waals surface area (Å²) in [5.74, 6) is 0. The van der Waals surface area contributed by atoms with E-state index in [0.29, 0.717) is 0 Å². The largest absolute Gasteiger partial charge is 1.00 e. The van der Waals surface area contributed by atoms with Crippen LogP contribution in [0.5, 0.6) is 0 Å². The van der Waals surface area contributed by atoms with E-state index in [-0.39, 0.29) is 17.0 Å². The third-order valence-corrected chi connectivity index (χ3v) is 0.890. The van der Waals surface area contributed by atoms with Crippen LogP contribution < -0.4 is 22.1 Å². The van der Waals surface area contributed by atoms with E-state index in [4.69, 9.17) is 0 Å². The Morgan fingerprint density at radius 2 is 2.12 bits per heavy atom. The van der Waals surface area contributed by atoms with Crippen molar-refractivity contribution in [2.75, 3.05) is 0 Å². The number of H-pyrrole nitrogens is 2. The molecule has 0 aromatic carbocycles. The van der Waals surface area contributed by atoms with Crippen molar-refractivity contribution < 1.29 is 22.1 Å². The van der Waals surface area contributed by atoms with Gasteiger partial charge in [0.2, 0.25) is 5.69 Å². The van der Waals surface area contributed by atoms with Gasteiger partial charge in [-0.05, 0) is 6.92 Å². The van der Waals surface area contributed by atoms with Crippen LogP contribution in [0.3, 0.4) is 0 Å². The van der Waals surface area contributed by atoms with E-state index in [9.17, 15) is 0 Å². The maximum atomic E-state index is 2.94. The van der Waals surface area contributed by atoms with Crippen LogP contribution in [0.2, 0.25) is 0 Å². The summed E-state index contributed by atoms with van der Waals surface area (Å²) in [5.41, 5.74) is 2.36. The molecule has 46 valence electrons. The lowest BCUT2D eigenvalue weighted by Gasteiger charge is -1.62. The molecule has 0 unspecified atom stereocenters. The molecule has 1 heterocycles. The van der Waals surface area contributed by atoms with Crippen LogP contribution in [-0.2, 0) is 0 Å². The van der Waals surface area contributed by atoms with Crippen molar-refractivity contribution in [1.29, 1.82) is 0 Å². The van der Waals surface area contributed by atoms with Crippen LogP contribution in [0.1, 0.15) is 11.4 Å². The van der Waals surface area contributed by atoms with Gasteiger partial charge >= 0.3 is 0 Å². The summed E-state index contributed by atoms with van der Waals surface area (Å²) < 4.78 is 0. The van der Waals surface area contributed by atoms with Crippen LogP contribution in [-0.4, -0.2) is 5.10 Å². The van der Waals surface area contributed by atoms with Gasteiger partial charge in [-0.2, -0.15) is 5.10 Å². The van der Waals surface area contributed by atoms with Gasteiger partial charge in [-0.25, -0.2) is 0 Å². The zero-order chi connectivity index (χ0) is 5.28. The van der Waals surface area contributed by atoms with Crippen LogP contribution in [0, 0.1) is 13.8 Å². The molecule has 0 aliphatic carbocycles. The summed E-state index contributed by atoms with van der Waals surface area (Å²) in [6.45, 7) is 4.03. The predicted molar refractivity (Wildman–Crippen MR) is 26.8 cm³/mol. The van der Waals surface area contributed by atoms with Gasteiger partial charge in [0.25, 0.3) is 0 Å². The molecule has 0 radical (unpaired) electrons. The van der Waals surface area contributed by atoms with Crippen LogP contribution in [0.15, 0.2) is 6.07 Å². The lowest BCUT2D eigenvalue weighted by molar-refractivity contribution is -0.457. The van der Waals surface area contributed by atoms with Crippen molar-refractivity contribution >= 4 is 0 Å². The molecule has 1 aromatic heterocycles. The van der Waals surface area contributed by atoms with E-state index in [0.717, 1.165) is 0 Å². The van der Waals surface area contributed by atoms with E-state index in [1.54, 1.807) is 0 Å². The fourth-order valence-electron chi connectivity index (χ4n) is 0.594. The number of aromatic amines is 2. The molecule has 3 heteroatoms. The van der Waals surface area contributed by atoms with Crippen molar-refractivity contribution in [2.45, 2.75) is 13.8 Å². The highest BCUT2D eigenvalue weighted by atomic mass is 79.9. The highest BCUT2D eigenvalue weighted by Gasteiger charge is 1.92. The average Bonchev–Trinajstić information content (AvgIpc) is 1.87. The third-order valence-electron chi connectivity index (χ3n) is 0.890. The molecule has 0 saturated carbocycles. The summed E-state index contributed by atoms with van der Waals surface area (Å²) in [6.07, 6.45) is 0. The summed E-state index contributed by atoms with van der Waals surface area (Å²) in [5, 5.41) is 5.89. The van der Waals surface area contributed by atoms with Crippen LogP contribution in [0.25, 0.3) is 0 Å². The molecule has 2 nitrogen and oxygen atoms in total. The van der Waals surface area contributed by atoms with E-state index < -0.39 is 0 Å². The standard InChI is InChI=1S/C5H8N2.BrH/c1-4-3-5(2)7-6-4;/h3H,1-2H3,(H,6,7);1H. The minimum atomic E-state index is 0. The first kappa shape index (κ1) is 7.69. The van der Waals surface area contributed by atoms with E-state index in [2.05, 4.69) is 16.3 Å². The molecule has 2 N–H and O–H groups in total. The molecule has 8 heavy (non-hydrogen) atoms. The van der Waals surface area contributed by atoms with E-state index >= 15 is 0 Å². The highest BCUT2D eigenvalue weighted by Crippen LogP contribution is 1.87. The Kier molecular flexibility index (Phi) is 2.76. The van der Waals surface area contributed by atoms with Gasteiger partial charge < -0.3 is 17.0 Å². The molecule has 0 aliphatic heterocycles. The number of halogens is 1. The maximum absolute atomic E-state index is 2.94. The smallest absolute Gasteiger partial charge is 0.202 e. The molecule has 1 aromatic rings. The predicted octanol–water partition coefficient (Wildman–Crippen LogP) is -2.55. The fourth-order valence-corrected chi connectivity index (χ4v) is 0.594. The second-order valence-electron chi connectivity index (χ2n) is 1.76. The monoisotopic (exact) mass is 176 g/mol. The first-order valence-electron chi connectivity index (χ1n) is 2.33. The molecule has 0 bridgehead atoms. The van der Waals surface area contributed by atoms with Crippen molar-refractivity contribution in [1.82, 2.24) is 5.10 Å². The number of aromatic nitrogens is 2. The Hall–Kier alpha value is -0.310. The van der Waals surface area contributed by atoms with Gasteiger partial charge in [0.1, 0.15) is 0 Å². The van der Waals surface area contributed by atoms with Gasteiger partial charge in [0.15, 0.2) is 0 Å². The number of hydrogen-bond acceptors (Lipinski definition) is 0. The van der Waals surface area contributed by atoms with Gasteiger partial charge in [-0.1, -0.05) is 0 Å². The normalized spacial score (nSPS) is 8.25. The number of hydrogen-bond donors (Lipinski definition) is 1. The van der Waals surface area contributed by atoms with Crippen molar-refractivity contribution in [3.05, 3.63) is 17.5 Å². The highest BCUT2D eigenvalue weighted by molar-refractivity contribution is 4.97. The molecular weight excluding hydrogens is 168 g/mol. The molecule has 0 saturated heterocycles. The SMILES string of the molecule is Cc1cc(C)[nH+][nH]1.[Br-]. The summed E-state index contributed by atoms with van der Waals surface area (Å²) in [7, 11) is 0.